The fourth-order valence-corrected chi connectivity index (χ4v) is 4.63. The van der Waals surface area contributed by atoms with Gasteiger partial charge in [-0.1, -0.05) is 43.2 Å². The molecule has 1 aromatic rings. The summed E-state index contributed by atoms with van der Waals surface area (Å²) in [5, 5.41) is 0. The van der Waals surface area contributed by atoms with Crippen LogP contribution in [0, 0.1) is 6.92 Å². The number of carbonyl (C=O) groups is 1. The number of ether oxygens (including phenoxy) is 1. The summed E-state index contributed by atoms with van der Waals surface area (Å²) >= 11 is 0. The van der Waals surface area contributed by atoms with Crippen LogP contribution in [0.15, 0.2) is 24.3 Å². The Hall–Kier alpha value is -1.39. The van der Waals surface area contributed by atoms with E-state index >= 15 is 0 Å². The summed E-state index contributed by atoms with van der Waals surface area (Å²) < 4.78 is 5.85. The summed E-state index contributed by atoms with van der Waals surface area (Å²) in [6.07, 6.45) is 4.37. The number of nitrogens with zero attached hydrogens (tertiary/aromatic N) is 2. The molecule has 1 aliphatic carbocycles. The minimum Gasteiger partial charge on any atom is -0.378 e. The SMILES string of the molecule is CCC[C@H]1COC[C@H]2CN(C(=O)C3(c4ccc(C)cc4)CC3)CCN12. The zero-order valence-electron chi connectivity index (χ0n) is 15.5. The number of hydrogen-bond donors (Lipinski definition) is 0. The summed E-state index contributed by atoms with van der Waals surface area (Å²) in [6, 6.07) is 9.47. The van der Waals surface area contributed by atoms with E-state index in [1.54, 1.807) is 0 Å². The predicted octanol–water partition coefficient (Wildman–Crippen LogP) is 2.74. The van der Waals surface area contributed by atoms with Gasteiger partial charge in [0.1, 0.15) is 0 Å². The van der Waals surface area contributed by atoms with E-state index < -0.39 is 0 Å². The first-order valence-corrected chi connectivity index (χ1v) is 9.84. The average Bonchev–Trinajstić information content (AvgIpc) is 3.44. The first-order chi connectivity index (χ1) is 12.1. The quantitative estimate of drug-likeness (QED) is 0.843. The standard InChI is InChI=1S/C21H30N2O2/c1-3-4-18-14-25-15-19-13-22(11-12-23(18)19)20(24)21(9-10-21)17-7-5-16(2)6-8-17/h5-8,18-19H,3-4,9-15H2,1-2H3/t18-,19+/m0/s1. The molecule has 2 atom stereocenters. The Morgan fingerprint density at radius 1 is 1.20 bits per heavy atom. The zero-order chi connectivity index (χ0) is 17.4. The molecular formula is C21H30N2O2. The second-order valence-electron chi connectivity index (χ2n) is 8.07. The van der Waals surface area contributed by atoms with Crippen LogP contribution in [0.2, 0.25) is 0 Å². The fourth-order valence-electron chi connectivity index (χ4n) is 4.63. The van der Waals surface area contributed by atoms with Gasteiger partial charge in [-0.25, -0.2) is 0 Å². The summed E-state index contributed by atoms with van der Waals surface area (Å²) in [4.78, 5) is 18.0. The van der Waals surface area contributed by atoms with Gasteiger partial charge in [0.05, 0.1) is 24.7 Å². The van der Waals surface area contributed by atoms with Crippen LogP contribution < -0.4 is 0 Å². The summed E-state index contributed by atoms with van der Waals surface area (Å²) in [6.45, 7) is 8.64. The van der Waals surface area contributed by atoms with E-state index in [4.69, 9.17) is 4.74 Å². The number of aryl methyl sites for hydroxylation is 1. The van der Waals surface area contributed by atoms with Crippen molar-refractivity contribution in [1.82, 2.24) is 9.80 Å². The van der Waals surface area contributed by atoms with Crippen LogP contribution in [0.4, 0.5) is 0 Å². The Kier molecular flexibility index (Phi) is 4.59. The van der Waals surface area contributed by atoms with Gasteiger partial charge in [-0.3, -0.25) is 9.69 Å². The lowest BCUT2D eigenvalue weighted by molar-refractivity contribution is -0.142. The van der Waals surface area contributed by atoms with Crippen molar-refractivity contribution < 1.29 is 9.53 Å². The highest BCUT2D eigenvalue weighted by molar-refractivity contribution is 5.91. The molecule has 1 amide bonds. The lowest BCUT2D eigenvalue weighted by atomic mass is 9.92. The molecule has 2 heterocycles. The molecule has 0 spiro atoms. The van der Waals surface area contributed by atoms with E-state index in [-0.39, 0.29) is 5.41 Å². The van der Waals surface area contributed by atoms with E-state index in [0.717, 1.165) is 45.7 Å². The maximum atomic E-state index is 13.3. The molecule has 2 saturated heterocycles. The van der Waals surface area contributed by atoms with Gasteiger partial charge in [-0.2, -0.15) is 0 Å². The van der Waals surface area contributed by atoms with Crippen LogP contribution in [0.5, 0.6) is 0 Å². The fraction of sp³-hybridized carbons (Fsp3) is 0.667. The number of benzene rings is 1. The molecule has 0 radical (unpaired) electrons. The number of hydrogen-bond acceptors (Lipinski definition) is 3. The maximum Gasteiger partial charge on any atom is 0.233 e. The molecule has 3 fully saturated rings. The van der Waals surface area contributed by atoms with Crippen molar-refractivity contribution in [2.24, 2.45) is 0 Å². The third kappa shape index (κ3) is 3.11. The highest BCUT2D eigenvalue weighted by Gasteiger charge is 2.53. The normalized spacial score (nSPS) is 28.5. The first kappa shape index (κ1) is 17.0. The average molecular weight is 342 g/mol. The maximum absolute atomic E-state index is 13.3. The molecule has 0 bridgehead atoms. The Labute approximate surface area is 151 Å². The molecule has 0 N–H and O–H groups in total. The summed E-state index contributed by atoms with van der Waals surface area (Å²) in [5.41, 5.74) is 2.21. The van der Waals surface area contributed by atoms with Crippen molar-refractivity contribution >= 4 is 5.91 Å². The van der Waals surface area contributed by atoms with Crippen LogP contribution in [-0.2, 0) is 14.9 Å². The molecular weight excluding hydrogens is 312 g/mol. The van der Waals surface area contributed by atoms with Gasteiger partial charge < -0.3 is 9.64 Å². The molecule has 4 rings (SSSR count). The van der Waals surface area contributed by atoms with E-state index in [2.05, 4.69) is 47.9 Å². The molecule has 25 heavy (non-hydrogen) atoms. The van der Waals surface area contributed by atoms with Gasteiger partial charge in [-0.05, 0) is 31.7 Å². The van der Waals surface area contributed by atoms with Gasteiger partial charge in [0, 0.05) is 25.7 Å². The highest BCUT2D eigenvalue weighted by Crippen LogP contribution is 2.50. The number of amides is 1. The van der Waals surface area contributed by atoms with E-state index in [1.807, 2.05) is 0 Å². The minimum absolute atomic E-state index is 0.242. The van der Waals surface area contributed by atoms with Gasteiger partial charge in [0.2, 0.25) is 5.91 Å². The van der Waals surface area contributed by atoms with Crippen LogP contribution in [-0.4, -0.2) is 60.6 Å². The van der Waals surface area contributed by atoms with Crippen LogP contribution in [0.1, 0.15) is 43.7 Å². The third-order valence-corrected chi connectivity index (χ3v) is 6.29. The lowest BCUT2D eigenvalue weighted by Gasteiger charge is -2.48. The first-order valence-electron chi connectivity index (χ1n) is 9.84. The predicted molar refractivity (Wildman–Crippen MR) is 98.7 cm³/mol. The van der Waals surface area contributed by atoms with Crippen molar-refractivity contribution in [2.75, 3.05) is 32.8 Å². The monoisotopic (exact) mass is 342 g/mol. The molecule has 2 aliphatic heterocycles. The number of fused-ring (bicyclic) bond motifs is 1. The molecule has 4 heteroatoms. The van der Waals surface area contributed by atoms with E-state index in [9.17, 15) is 4.79 Å². The Morgan fingerprint density at radius 3 is 2.64 bits per heavy atom. The number of carbonyl (C=O) groups excluding carboxylic acids is 1. The van der Waals surface area contributed by atoms with Crippen molar-refractivity contribution in [1.29, 1.82) is 0 Å². The molecule has 1 aromatic carbocycles. The Bertz CT molecular complexity index is 621. The van der Waals surface area contributed by atoms with Crippen LogP contribution >= 0.6 is 0 Å². The third-order valence-electron chi connectivity index (χ3n) is 6.29. The Morgan fingerprint density at radius 2 is 1.96 bits per heavy atom. The summed E-state index contributed by atoms with van der Waals surface area (Å²) in [7, 11) is 0. The minimum atomic E-state index is -0.242. The number of morpholine rings is 1. The van der Waals surface area contributed by atoms with Crippen molar-refractivity contribution in [3.8, 4) is 0 Å². The van der Waals surface area contributed by atoms with Gasteiger partial charge in [-0.15, -0.1) is 0 Å². The smallest absolute Gasteiger partial charge is 0.233 e. The van der Waals surface area contributed by atoms with Gasteiger partial charge in [0.25, 0.3) is 0 Å². The second kappa shape index (κ2) is 6.73. The van der Waals surface area contributed by atoms with Crippen LogP contribution in [0.3, 0.4) is 0 Å². The molecule has 4 nitrogen and oxygen atoms in total. The molecule has 3 aliphatic rings. The van der Waals surface area contributed by atoms with Gasteiger partial charge in [0.15, 0.2) is 0 Å². The number of piperazine rings is 1. The molecule has 0 unspecified atom stereocenters. The van der Waals surface area contributed by atoms with Gasteiger partial charge >= 0.3 is 0 Å². The zero-order valence-corrected chi connectivity index (χ0v) is 15.5. The van der Waals surface area contributed by atoms with Crippen molar-refractivity contribution in [2.45, 2.75) is 57.0 Å². The number of rotatable bonds is 4. The highest BCUT2D eigenvalue weighted by atomic mass is 16.5. The van der Waals surface area contributed by atoms with Crippen molar-refractivity contribution in [3.05, 3.63) is 35.4 Å². The molecule has 0 aromatic heterocycles. The van der Waals surface area contributed by atoms with Crippen molar-refractivity contribution in [3.63, 3.8) is 0 Å². The molecule has 1 saturated carbocycles. The largest absolute Gasteiger partial charge is 0.378 e. The lowest BCUT2D eigenvalue weighted by Crippen LogP contribution is -2.63. The Balaban J connectivity index is 1.46. The summed E-state index contributed by atoms with van der Waals surface area (Å²) in [5.74, 6) is 0.341. The van der Waals surface area contributed by atoms with E-state index in [1.165, 1.54) is 24.0 Å². The topological polar surface area (TPSA) is 32.8 Å². The van der Waals surface area contributed by atoms with E-state index in [0.29, 0.717) is 18.0 Å². The molecule has 136 valence electrons. The second-order valence-corrected chi connectivity index (χ2v) is 8.07. The van der Waals surface area contributed by atoms with Crippen LogP contribution in [0.25, 0.3) is 0 Å².